The molecule has 2 aromatic rings. The number of nitrogens with zero attached hydrogens (tertiary/aromatic N) is 3. The summed E-state index contributed by atoms with van der Waals surface area (Å²) in [5.74, 6) is 0.876. The maximum atomic E-state index is 12.4. The highest BCUT2D eigenvalue weighted by Gasteiger charge is 2.25. The van der Waals surface area contributed by atoms with E-state index in [4.69, 9.17) is 4.98 Å². The van der Waals surface area contributed by atoms with Crippen molar-refractivity contribution >= 4 is 11.8 Å². The van der Waals surface area contributed by atoms with Crippen molar-refractivity contribution in [3.63, 3.8) is 0 Å². The Balaban J connectivity index is 1.42. The van der Waals surface area contributed by atoms with Gasteiger partial charge in [-0.1, -0.05) is 30.3 Å². The molecule has 1 aromatic carbocycles. The summed E-state index contributed by atoms with van der Waals surface area (Å²) in [6, 6.07) is 9.90. The number of amides is 2. The zero-order valence-electron chi connectivity index (χ0n) is 15.4. The second-order valence-corrected chi connectivity index (χ2v) is 7.21. The Hall–Kier alpha value is -2.76. The fourth-order valence-corrected chi connectivity index (χ4v) is 3.87. The second-order valence-electron chi connectivity index (χ2n) is 7.21. The summed E-state index contributed by atoms with van der Waals surface area (Å²) in [5, 5.41) is 3.12. The number of hydrogen-bond acceptors (Lipinski definition) is 4. The first kappa shape index (κ1) is 17.6. The fourth-order valence-electron chi connectivity index (χ4n) is 3.87. The van der Waals surface area contributed by atoms with Gasteiger partial charge in [0, 0.05) is 48.9 Å². The van der Waals surface area contributed by atoms with Crippen molar-refractivity contribution in [3.8, 4) is 11.4 Å². The standard InChI is InChI=1S/C21H24N4O2/c26-19(11-13-25-12-5-10-20(25)27)23-17-8-4-9-18-16(17)14-22-21(24-18)15-6-2-1-3-7-15/h1-3,6-7,14,17H,4-5,8-13H2,(H,23,26). The van der Waals surface area contributed by atoms with Crippen molar-refractivity contribution in [1.29, 1.82) is 0 Å². The molecule has 1 aliphatic heterocycles. The molecule has 2 heterocycles. The quantitative estimate of drug-likeness (QED) is 0.885. The minimum Gasteiger partial charge on any atom is -0.349 e. The number of likely N-dealkylation sites (tertiary alicyclic amines) is 1. The molecule has 1 fully saturated rings. The molecule has 6 heteroatoms. The lowest BCUT2D eigenvalue weighted by molar-refractivity contribution is -0.128. The number of aryl methyl sites for hydroxylation is 1. The highest BCUT2D eigenvalue weighted by molar-refractivity contribution is 5.80. The van der Waals surface area contributed by atoms with Crippen molar-refractivity contribution in [2.24, 2.45) is 0 Å². The average molecular weight is 364 g/mol. The summed E-state index contributed by atoms with van der Waals surface area (Å²) >= 11 is 0. The Labute approximate surface area is 159 Å². The van der Waals surface area contributed by atoms with E-state index in [0.717, 1.165) is 54.9 Å². The zero-order chi connectivity index (χ0) is 18.6. The zero-order valence-corrected chi connectivity index (χ0v) is 15.4. The minimum atomic E-state index is -0.0413. The first-order valence-electron chi connectivity index (χ1n) is 9.69. The van der Waals surface area contributed by atoms with Gasteiger partial charge in [0.2, 0.25) is 11.8 Å². The van der Waals surface area contributed by atoms with E-state index in [1.54, 1.807) is 4.90 Å². The van der Waals surface area contributed by atoms with E-state index in [2.05, 4.69) is 10.3 Å². The van der Waals surface area contributed by atoms with Gasteiger partial charge in [-0.3, -0.25) is 9.59 Å². The highest BCUT2D eigenvalue weighted by atomic mass is 16.2. The van der Waals surface area contributed by atoms with Gasteiger partial charge in [0.1, 0.15) is 0 Å². The van der Waals surface area contributed by atoms with Gasteiger partial charge in [-0.15, -0.1) is 0 Å². The molecular weight excluding hydrogens is 340 g/mol. The molecule has 0 radical (unpaired) electrons. The number of hydrogen-bond donors (Lipinski definition) is 1. The van der Waals surface area contributed by atoms with Crippen LogP contribution < -0.4 is 5.32 Å². The predicted octanol–water partition coefficient (Wildman–Crippen LogP) is 2.65. The van der Waals surface area contributed by atoms with Crippen molar-refractivity contribution in [2.45, 2.75) is 44.6 Å². The number of carbonyl (C=O) groups excluding carboxylic acids is 2. The molecule has 1 N–H and O–H groups in total. The van der Waals surface area contributed by atoms with E-state index in [1.165, 1.54) is 0 Å². The Morgan fingerprint density at radius 3 is 2.81 bits per heavy atom. The summed E-state index contributed by atoms with van der Waals surface area (Å²) < 4.78 is 0. The van der Waals surface area contributed by atoms with Gasteiger partial charge in [-0.05, 0) is 25.7 Å². The first-order valence-corrected chi connectivity index (χ1v) is 9.69. The van der Waals surface area contributed by atoms with Gasteiger partial charge in [-0.2, -0.15) is 0 Å². The molecule has 2 amide bonds. The first-order chi connectivity index (χ1) is 13.2. The largest absolute Gasteiger partial charge is 0.349 e. The molecule has 0 bridgehead atoms. The van der Waals surface area contributed by atoms with Crippen LogP contribution in [0.1, 0.15) is 49.4 Å². The summed E-state index contributed by atoms with van der Waals surface area (Å²) in [6.07, 6.45) is 6.52. The number of carbonyl (C=O) groups is 2. The molecule has 1 aliphatic carbocycles. The van der Waals surface area contributed by atoms with Gasteiger partial charge in [0.15, 0.2) is 5.82 Å². The molecule has 1 unspecified atom stereocenters. The molecule has 1 aromatic heterocycles. The maximum Gasteiger partial charge on any atom is 0.222 e. The third kappa shape index (κ3) is 3.99. The number of rotatable bonds is 5. The van der Waals surface area contributed by atoms with Gasteiger partial charge < -0.3 is 10.2 Å². The molecule has 27 heavy (non-hydrogen) atoms. The van der Waals surface area contributed by atoms with Crippen LogP contribution >= 0.6 is 0 Å². The lowest BCUT2D eigenvalue weighted by atomic mass is 9.92. The van der Waals surface area contributed by atoms with E-state index in [0.29, 0.717) is 19.4 Å². The molecule has 1 atom stereocenters. The van der Waals surface area contributed by atoms with Crippen molar-refractivity contribution in [1.82, 2.24) is 20.2 Å². The molecule has 1 saturated heterocycles. The highest BCUT2D eigenvalue weighted by Crippen LogP contribution is 2.29. The van der Waals surface area contributed by atoms with Crippen LogP contribution in [0.5, 0.6) is 0 Å². The Bertz CT molecular complexity index is 837. The Kier molecular flexibility index (Phi) is 5.14. The van der Waals surface area contributed by atoms with Crippen LogP contribution in [0.3, 0.4) is 0 Å². The fraction of sp³-hybridized carbons (Fsp3) is 0.429. The third-order valence-corrected chi connectivity index (χ3v) is 5.33. The van der Waals surface area contributed by atoms with Crippen LogP contribution in [-0.4, -0.2) is 39.8 Å². The second kappa shape index (κ2) is 7.86. The van der Waals surface area contributed by atoms with Crippen molar-refractivity contribution in [3.05, 3.63) is 47.8 Å². The van der Waals surface area contributed by atoms with Gasteiger partial charge in [-0.25, -0.2) is 9.97 Å². The topological polar surface area (TPSA) is 75.2 Å². The number of benzene rings is 1. The predicted molar refractivity (Wildman–Crippen MR) is 102 cm³/mol. The van der Waals surface area contributed by atoms with Gasteiger partial charge >= 0.3 is 0 Å². The molecule has 0 saturated carbocycles. The molecule has 2 aliphatic rings. The number of aromatic nitrogens is 2. The van der Waals surface area contributed by atoms with Crippen LogP contribution in [0.25, 0.3) is 11.4 Å². The van der Waals surface area contributed by atoms with Gasteiger partial charge in [0.05, 0.1) is 6.04 Å². The number of fused-ring (bicyclic) bond motifs is 1. The SMILES string of the molecule is O=C(CCN1CCCC1=O)NC1CCCc2nc(-c3ccccc3)ncc21. The van der Waals surface area contributed by atoms with E-state index in [1.807, 2.05) is 36.5 Å². The molecular formula is C21H24N4O2. The molecule has 6 nitrogen and oxygen atoms in total. The monoisotopic (exact) mass is 364 g/mol. The minimum absolute atomic E-state index is 0.0142. The third-order valence-electron chi connectivity index (χ3n) is 5.33. The van der Waals surface area contributed by atoms with Crippen LogP contribution in [-0.2, 0) is 16.0 Å². The molecule has 0 spiro atoms. The number of nitrogens with one attached hydrogen (secondary N) is 1. The van der Waals surface area contributed by atoms with E-state index < -0.39 is 0 Å². The molecule has 4 rings (SSSR count). The van der Waals surface area contributed by atoms with Crippen LogP contribution in [0, 0.1) is 0 Å². The van der Waals surface area contributed by atoms with E-state index in [-0.39, 0.29) is 17.9 Å². The van der Waals surface area contributed by atoms with E-state index in [9.17, 15) is 9.59 Å². The Morgan fingerprint density at radius 1 is 1.19 bits per heavy atom. The lowest BCUT2D eigenvalue weighted by Crippen LogP contribution is -2.35. The van der Waals surface area contributed by atoms with Crippen molar-refractivity contribution < 1.29 is 9.59 Å². The lowest BCUT2D eigenvalue weighted by Gasteiger charge is -2.26. The summed E-state index contributed by atoms with van der Waals surface area (Å²) in [4.78, 5) is 35.1. The summed E-state index contributed by atoms with van der Waals surface area (Å²) in [7, 11) is 0. The average Bonchev–Trinajstić information content (AvgIpc) is 3.12. The van der Waals surface area contributed by atoms with Crippen LogP contribution in [0.4, 0.5) is 0 Å². The summed E-state index contributed by atoms with van der Waals surface area (Å²) in [6.45, 7) is 1.28. The normalized spacial score (nSPS) is 19.0. The van der Waals surface area contributed by atoms with Gasteiger partial charge in [0.25, 0.3) is 0 Å². The molecule has 140 valence electrons. The maximum absolute atomic E-state index is 12.4. The van der Waals surface area contributed by atoms with Crippen molar-refractivity contribution in [2.75, 3.05) is 13.1 Å². The van der Waals surface area contributed by atoms with Crippen LogP contribution in [0.15, 0.2) is 36.5 Å². The summed E-state index contributed by atoms with van der Waals surface area (Å²) in [5.41, 5.74) is 3.04. The van der Waals surface area contributed by atoms with Crippen LogP contribution in [0.2, 0.25) is 0 Å². The smallest absolute Gasteiger partial charge is 0.222 e. The Morgan fingerprint density at radius 2 is 2.04 bits per heavy atom. The van der Waals surface area contributed by atoms with E-state index >= 15 is 0 Å².